The van der Waals surface area contributed by atoms with Crippen molar-refractivity contribution in [3.8, 4) is 0 Å². The van der Waals surface area contributed by atoms with Crippen molar-refractivity contribution < 1.29 is 17.9 Å². The first kappa shape index (κ1) is 16.1. The Kier molecular flexibility index (Phi) is 5.08. The van der Waals surface area contributed by atoms with Gasteiger partial charge >= 0.3 is 0 Å². The first-order chi connectivity index (χ1) is 9.85. The van der Waals surface area contributed by atoms with E-state index >= 15 is 0 Å². The van der Waals surface area contributed by atoms with E-state index in [4.69, 9.17) is 16.3 Å². The Morgan fingerprint density at radius 2 is 2.24 bits per heavy atom. The molecule has 1 amide bonds. The van der Waals surface area contributed by atoms with Crippen LogP contribution in [0.15, 0.2) is 18.2 Å². The van der Waals surface area contributed by atoms with Crippen molar-refractivity contribution in [3.05, 3.63) is 28.8 Å². The van der Waals surface area contributed by atoms with Gasteiger partial charge in [0.05, 0.1) is 23.1 Å². The summed E-state index contributed by atoms with van der Waals surface area (Å²) in [6.45, 7) is 1.17. The second kappa shape index (κ2) is 6.64. The van der Waals surface area contributed by atoms with Crippen LogP contribution in [-0.4, -0.2) is 39.8 Å². The van der Waals surface area contributed by atoms with Crippen LogP contribution in [-0.2, 0) is 14.8 Å². The Morgan fingerprint density at radius 3 is 2.86 bits per heavy atom. The molecule has 8 heteroatoms. The number of carbonyl (C=O) groups is 1. The molecule has 0 saturated carbocycles. The predicted octanol–water partition coefficient (Wildman–Crippen LogP) is 1.62. The number of anilines is 1. The number of amides is 1. The molecule has 2 N–H and O–H groups in total. The van der Waals surface area contributed by atoms with Crippen molar-refractivity contribution in [2.75, 3.05) is 24.1 Å². The number of hydrogen-bond acceptors (Lipinski definition) is 4. The fourth-order valence-corrected chi connectivity index (χ4v) is 2.85. The van der Waals surface area contributed by atoms with E-state index in [1.54, 1.807) is 6.07 Å². The number of benzene rings is 1. The van der Waals surface area contributed by atoms with Gasteiger partial charge in [-0.15, -0.1) is 0 Å². The van der Waals surface area contributed by atoms with E-state index in [1.165, 1.54) is 12.1 Å². The Bertz CT molecular complexity index is 627. The van der Waals surface area contributed by atoms with Crippen LogP contribution in [0.3, 0.4) is 0 Å². The third-order valence-corrected chi connectivity index (χ3v) is 3.96. The zero-order valence-corrected chi connectivity index (χ0v) is 13.1. The van der Waals surface area contributed by atoms with Gasteiger partial charge in [-0.3, -0.25) is 9.52 Å². The highest BCUT2D eigenvalue weighted by Crippen LogP contribution is 2.24. The van der Waals surface area contributed by atoms with Crippen molar-refractivity contribution in [1.82, 2.24) is 5.32 Å². The second-order valence-corrected chi connectivity index (χ2v) is 7.07. The monoisotopic (exact) mass is 332 g/mol. The van der Waals surface area contributed by atoms with Crippen molar-refractivity contribution in [2.24, 2.45) is 0 Å². The summed E-state index contributed by atoms with van der Waals surface area (Å²) >= 11 is 5.91. The van der Waals surface area contributed by atoms with Gasteiger partial charge < -0.3 is 10.1 Å². The van der Waals surface area contributed by atoms with Crippen LogP contribution in [0.1, 0.15) is 23.2 Å². The number of carbonyl (C=O) groups excluding carboxylic acids is 1. The van der Waals surface area contributed by atoms with E-state index in [0.29, 0.717) is 12.1 Å². The lowest BCUT2D eigenvalue weighted by molar-refractivity contribution is 0.0858. The van der Waals surface area contributed by atoms with E-state index in [-0.39, 0.29) is 22.7 Å². The SMILES string of the molecule is CS(=O)(=O)Nc1cc(C(=O)NC[C@H]2CCCO2)ccc1Cl. The molecule has 0 unspecified atom stereocenters. The minimum absolute atomic E-state index is 0.0508. The molecule has 1 saturated heterocycles. The summed E-state index contributed by atoms with van der Waals surface area (Å²) in [7, 11) is -3.45. The fourth-order valence-electron chi connectivity index (χ4n) is 2.06. The van der Waals surface area contributed by atoms with Gasteiger partial charge in [0, 0.05) is 18.7 Å². The van der Waals surface area contributed by atoms with Crippen LogP contribution in [0.4, 0.5) is 5.69 Å². The summed E-state index contributed by atoms with van der Waals surface area (Å²) in [4.78, 5) is 12.0. The lowest BCUT2D eigenvalue weighted by Gasteiger charge is -2.12. The number of sulfonamides is 1. The molecule has 2 rings (SSSR count). The van der Waals surface area contributed by atoms with Gasteiger partial charge in [0.2, 0.25) is 10.0 Å². The lowest BCUT2D eigenvalue weighted by Crippen LogP contribution is -2.31. The number of rotatable bonds is 5. The first-order valence-corrected chi connectivity index (χ1v) is 8.79. The third kappa shape index (κ3) is 4.87. The lowest BCUT2D eigenvalue weighted by atomic mass is 10.2. The molecule has 1 atom stereocenters. The average Bonchev–Trinajstić information content (AvgIpc) is 2.90. The number of halogens is 1. The first-order valence-electron chi connectivity index (χ1n) is 6.52. The highest BCUT2D eigenvalue weighted by Gasteiger charge is 2.17. The predicted molar refractivity (Wildman–Crippen MR) is 81.2 cm³/mol. The van der Waals surface area contributed by atoms with Gasteiger partial charge in [0.25, 0.3) is 5.91 Å². The maximum atomic E-state index is 12.0. The van der Waals surface area contributed by atoms with Crippen LogP contribution >= 0.6 is 11.6 Å². The number of nitrogens with one attached hydrogen (secondary N) is 2. The molecule has 1 aliphatic heterocycles. The smallest absolute Gasteiger partial charge is 0.251 e. The summed E-state index contributed by atoms with van der Waals surface area (Å²) in [6, 6.07) is 4.44. The topological polar surface area (TPSA) is 84.5 Å². The molecule has 1 aromatic carbocycles. The average molecular weight is 333 g/mol. The Balaban J connectivity index is 2.04. The molecule has 6 nitrogen and oxygen atoms in total. The summed E-state index contributed by atoms with van der Waals surface area (Å²) in [5, 5.41) is 3.00. The van der Waals surface area contributed by atoms with Gasteiger partial charge in [-0.05, 0) is 31.0 Å². The maximum absolute atomic E-state index is 12.0. The maximum Gasteiger partial charge on any atom is 0.251 e. The Labute approximate surface area is 128 Å². The molecule has 116 valence electrons. The van der Waals surface area contributed by atoms with Gasteiger partial charge in [0.15, 0.2) is 0 Å². The standard InChI is InChI=1S/C13H17ClN2O4S/c1-21(18,19)16-12-7-9(4-5-11(12)14)13(17)15-8-10-3-2-6-20-10/h4-5,7,10,16H,2-3,6,8H2,1H3,(H,15,17)/t10-/m1/s1. The molecule has 0 aliphatic carbocycles. The van der Waals surface area contributed by atoms with E-state index in [2.05, 4.69) is 10.0 Å². The summed E-state index contributed by atoms with van der Waals surface area (Å²) in [5.41, 5.74) is 0.521. The van der Waals surface area contributed by atoms with Crippen LogP contribution in [0.5, 0.6) is 0 Å². The Morgan fingerprint density at radius 1 is 1.48 bits per heavy atom. The summed E-state index contributed by atoms with van der Waals surface area (Å²) in [6.07, 6.45) is 3.01. The van der Waals surface area contributed by atoms with E-state index in [1.807, 2.05) is 0 Å². The largest absolute Gasteiger partial charge is 0.376 e. The zero-order chi connectivity index (χ0) is 15.5. The quantitative estimate of drug-likeness (QED) is 0.858. The van der Waals surface area contributed by atoms with Crippen LogP contribution in [0.25, 0.3) is 0 Å². The molecule has 0 aromatic heterocycles. The highest BCUT2D eigenvalue weighted by atomic mass is 35.5. The molecule has 21 heavy (non-hydrogen) atoms. The van der Waals surface area contributed by atoms with Crippen LogP contribution in [0.2, 0.25) is 5.02 Å². The van der Waals surface area contributed by atoms with Crippen molar-refractivity contribution >= 4 is 33.2 Å². The van der Waals surface area contributed by atoms with Gasteiger partial charge in [-0.25, -0.2) is 8.42 Å². The molecule has 1 heterocycles. The van der Waals surface area contributed by atoms with Crippen molar-refractivity contribution in [3.63, 3.8) is 0 Å². The third-order valence-electron chi connectivity index (χ3n) is 3.04. The molecule has 0 spiro atoms. The Hall–Kier alpha value is -1.31. The second-order valence-electron chi connectivity index (χ2n) is 4.91. The van der Waals surface area contributed by atoms with Crippen molar-refractivity contribution in [2.45, 2.75) is 18.9 Å². The molecule has 1 fully saturated rings. The molecular weight excluding hydrogens is 316 g/mol. The molecular formula is C13H17ClN2O4S. The van der Waals surface area contributed by atoms with E-state index in [9.17, 15) is 13.2 Å². The van der Waals surface area contributed by atoms with Crippen LogP contribution in [0, 0.1) is 0 Å². The van der Waals surface area contributed by atoms with E-state index in [0.717, 1.165) is 25.7 Å². The van der Waals surface area contributed by atoms with Gasteiger partial charge in [-0.2, -0.15) is 0 Å². The normalized spacial score (nSPS) is 18.5. The molecule has 1 aliphatic rings. The van der Waals surface area contributed by atoms with Gasteiger partial charge in [0.1, 0.15) is 0 Å². The minimum Gasteiger partial charge on any atom is -0.376 e. The van der Waals surface area contributed by atoms with Crippen LogP contribution < -0.4 is 10.0 Å². The van der Waals surface area contributed by atoms with Gasteiger partial charge in [-0.1, -0.05) is 11.6 Å². The number of hydrogen-bond donors (Lipinski definition) is 2. The molecule has 0 radical (unpaired) electrons. The number of ether oxygens (including phenoxy) is 1. The van der Waals surface area contributed by atoms with E-state index < -0.39 is 10.0 Å². The molecule has 0 bridgehead atoms. The fraction of sp³-hybridized carbons (Fsp3) is 0.462. The zero-order valence-electron chi connectivity index (χ0n) is 11.6. The highest BCUT2D eigenvalue weighted by molar-refractivity contribution is 7.92. The van der Waals surface area contributed by atoms with Crippen molar-refractivity contribution in [1.29, 1.82) is 0 Å². The minimum atomic E-state index is -3.45. The molecule has 1 aromatic rings. The summed E-state index contributed by atoms with van der Waals surface area (Å²) in [5.74, 6) is -0.293. The summed E-state index contributed by atoms with van der Waals surface area (Å²) < 4.78 is 30.2.